The highest BCUT2D eigenvalue weighted by Crippen LogP contribution is 2.33. The lowest BCUT2D eigenvalue weighted by molar-refractivity contribution is 0.122. The minimum atomic E-state index is -0.360. The summed E-state index contributed by atoms with van der Waals surface area (Å²) < 4.78 is 40.7. The Morgan fingerprint density at radius 1 is 0.833 bits per heavy atom. The Labute approximate surface area is 139 Å². The van der Waals surface area contributed by atoms with Crippen molar-refractivity contribution in [1.29, 1.82) is 0 Å². The van der Waals surface area contributed by atoms with Gasteiger partial charge in [-0.05, 0) is 19.2 Å². The van der Waals surface area contributed by atoms with Crippen molar-refractivity contribution in [2.75, 3.05) is 20.1 Å². The van der Waals surface area contributed by atoms with Crippen molar-refractivity contribution >= 4 is 0 Å². The first-order valence-electron chi connectivity index (χ1n) is 8.17. The van der Waals surface area contributed by atoms with E-state index in [4.69, 9.17) is 9.47 Å². The minimum absolute atomic E-state index is 0.272. The van der Waals surface area contributed by atoms with Gasteiger partial charge in [0.05, 0.1) is 0 Å². The highest BCUT2D eigenvalue weighted by atomic mass is 19.1. The second-order valence-corrected chi connectivity index (χ2v) is 6.57. The van der Waals surface area contributed by atoms with Gasteiger partial charge in [-0.3, -0.25) is 4.90 Å². The first-order chi connectivity index (χ1) is 11.6. The van der Waals surface area contributed by atoms with E-state index in [2.05, 4.69) is 4.90 Å². The third kappa shape index (κ3) is 2.84. The fourth-order valence-electron chi connectivity index (χ4n) is 3.57. The maximum absolute atomic E-state index is 14.3. The first kappa shape index (κ1) is 15.4. The summed E-state index contributed by atoms with van der Waals surface area (Å²) in [6.07, 6.45) is 0.397. The Balaban J connectivity index is 1.83. The Morgan fingerprint density at radius 2 is 1.29 bits per heavy atom. The number of likely N-dealkylation sites (N-methyl/N-ethyl adjacent to an activating group) is 1. The molecule has 2 heterocycles. The van der Waals surface area contributed by atoms with Crippen LogP contribution in [0.1, 0.15) is 11.1 Å². The molecule has 24 heavy (non-hydrogen) atoms. The first-order valence-corrected chi connectivity index (χ1v) is 8.17. The lowest BCUT2D eigenvalue weighted by Crippen LogP contribution is -2.38. The number of fused-ring (bicyclic) bond motifs is 6. The normalized spacial score (nSPS) is 23.5. The summed E-state index contributed by atoms with van der Waals surface area (Å²) >= 11 is 0. The maximum Gasteiger partial charge on any atom is 0.165 e. The van der Waals surface area contributed by atoms with Gasteiger partial charge >= 0.3 is 0 Å². The number of para-hydroxylation sites is 2. The summed E-state index contributed by atoms with van der Waals surface area (Å²) in [6, 6.07) is 9.86. The van der Waals surface area contributed by atoms with E-state index in [1.54, 1.807) is 12.1 Å². The van der Waals surface area contributed by atoms with Crippen LogP contribution < -0.4 is 9.47 Å². The number of nitrogens with zero attached hydrogens (tertiary/aromatic N) is 1. The molecular weight excluding hydrogens is 312 g/mol. The zero-order valence-corrected chi connectivity index (χ0v) is 13.5. The molecular formula is C19H19F2NO2. The van der Waals surface area contributed by atoms with Crippen molar-refractivity contribution in [3.05, 3.63) is 59.2 Å². The van der Waals surface area contributed by atoms with E-state index in [1.165, 1.54) is 12.1 Å². The molecule has 0 saturated heterocycles. The number of hydrogen-bond acceptors (Lipinski definition) is 3. The van der Waals surface area contributed by atoms with Gasteiger partial charge in [-0.25, -0.2) is 8.78 Å². The van der Waals surface area contributed by atoms with Crippen LogP contribution in [0, 0.1) is 11.6 Å². The Hall–Kier alpha value is -2.14. The molecule has 2 aromatic carbocycles. The van der Waals surface area contributed by atoms with Gasteiger partial charge in [-0.2, -0.15) is 0 Å². The van der Waals surface area contributed by atoms with Crippen LogP contribution in [0.3, 0.4) is 0 Å². The van der Waals surface area contributed by atoms with Crippen LogP contribution in [0.4, 0.5) is 8.78 Å². The minimum Gasteiger partial charge on any atom is -0.485 e. The zero-order valence-electron chi connectivity index (χ0n) is 13.5. The molecule has 0 saturated carbocycles. The quantitative estimate of drug-likeness (QED) is 0.740. The average molecular weight is 331 g/mol. The van der Waals surface area contributed by atoms with E-state index in [0.29, 0.717) is 37.4 Å². The van der Waals surface area contributed by atoms with Crippen molar-refractivity contribution in [2.24, 2.45) is 0 Å². The van der Waals surface area contributed by atoms with Crippen molar-refractivity contribution in [2.45, 2.75) is 25.0 Å². The van der Waals surface area contributed by atoms with Crippen molar-refractivity contribution in [3.63, 3.8) is 0 Å². The third-order valence-corrected chi connectivity index (χ3v) is 4.59. The second-order valence-electron chi connectivity index (χ2n) is 6.57. The maximum atomic E-state index is 14.3. The molecule has 2 unspecified atom stereocenters. The molecule has 0 N–H and O–H groups in total. The van der Waals surface area contributed by atoms with Crippen LogP contribution in [0.5, 0.6) is 11.5 Å². The summed E-state index contributed by atoms with van der Waals surface area (Å²) in [6.45, 7) is 1.26. The van der Waals surface area contributed by atoms with Gasteiger partial charge in [-0.1, -0.05) is 24.3 Å². The van der Waals surface area contributed by atoms with Crippen LogP contribution >= 0.6 is 0 Å². The van der Waals surface area contributed by atoms with E-state index in [1.807, 2.05) is 19.2 Å². The number of hydrogen-bond donors (Lipinski definition) is 0. The van der Waals surface area contributed by atoms with Gasteiger partial charge in [0.2, 0.25) is 0 Å². The molecule has 4 rings (SSSR count). The van der Waals surface area contributed by atoms with Crippen molar-refractivity contribution in [1.82, 2.24) is 4.90 Å². The van der Waals surface area contributed by atoms with Gasteiger partial charge in [0.1, 0.15) is 12.2 Å². The molecule has 2 aromatic rings. The topological polar surface area (TPSA) is 21.7 Å². The van der Waals surface area contributed by atoms with Crippen molar-refractivity contribution < 1.29 is 18.3 Å². The van der Waals surface area contributed by atoms with Gasteiger partial charge in [0.15, 0.2) is 23.1 Å². The van der Waals surface area contributed by atoms with E-state index in [0.717, 1.165) is 11.1 Å². The third-order valence-electron chi connectivity index (χ3n) is 4.59. The van der Waals surface area contributed by atoms with Crippen LogP contribution in [0.25, 0.3) is 0 Å². The summed E-state index contributed by atoms with van der Waals surface area (Å²) in [5.41, 5.74) is 1.53. The predicted octanol–water partition coefficient (Wildman–Crippen LogP) is 3.20. The monoisotopic (exact) mass is 331 g/mol. The van der Waals surface area contributed by atoms with E-state index >= 15 is 0 Å². The number of rotatable bonds is 0. The predicted molar refractivity (Wildman–Crippen MR) is 86.5 cm³/mol. The molecule has 5 heteroatoms. The lowest BCUT2D eigenvalue weighted by Gasteiger charge is -2.24. The van der Waals surface area contributed by atoms with Crippen LogP contribution in [0.2, 0.25) is 0 Å². The summed E-state index contributed by atoms with van der Waals surface area (Å²) in [5.74, 6) is -0.126. The number of halogens is 2. The smallest absolute Gasteiger partial charge is 0.165 e. The number of ether oxygens (including phenoxy) is 2. The van der Waals surface area contributed by atoms with E-state index in [-0.39, 0.29) is 23.8 Å². The standard InChI is InChI=1S/C19H19F2NO2/c1-22-10-14-8-12-4-2-6-16(20)18(12)23-15(11-22)9-13-5-3-7-17(21)19(13)24-14/h2-7,14-15H,8-11H2,1H3. The largest absolute Gasteiger partial charge is 0.485 e. The Kier molecular flexibility index (Phi) is 3.88. The van der Waals surface area contributed by atoms with Crippen molar-refractivity contribution in [3.8, 4) is 11.5 Å². The average Bonchev–Trinajstić information content (AvgIpc) is 2.63. The van der Waals surface area contributed by atoms with Crippen LogP contribution in [-0.2, 0) is 12.8 Å². The molecule has 2 aliphatic rings. The Bertz CT molecular complexity index is 702. The van der Waals surface area contributed by atoms with Gasteiger partial charge < -0.3 is 9.47 Å². The highest BCUT2D eigenvalue weighted by molar-refractivity contribution is 5.39. The van der Waals surface area contributed by atoms with Gasteiger partial charge in [0, 0.05) is 37.1 Å². The molecule has 126 valence electrons. The summed E-state index contributed by atoms with van der Waals surface area (Å²) in [7, 11) is 1.98. The molecule has 2 aliphatic heterocycles. The number of benzene rings is 2. The highest BCUT2D eigenvalue weighted by Gasteiger charge is 2.29. The second kappa shape index (κ2) is 6.06. The van der Waals surface area contributed by atoms with E-state index < -0.39 is 0 Å². The Morgan fingerprint density at radius 3 is 1.75 bits per heavy atom. The molecule has 2 bridgehead atoms. The van der Waals surface area contributed by atoms with Crippen LogP contribution in [-0.4, -0.2) is 37.2 Å². The van der Waals surface area contributed by atoms with Gasteiger partial charge in [-0.15, -0.1) is 0 Å². The fraction of sp³-hybridized carbons (Fsp3) is 0.368. The molecule has 0 amide bonds. The summed E-state index contributed by atoms with van der Waals surface area (Å²) in [4.78, 5) is 2.10. The molecule has 0 aliphatic carbocycles. The molecule has 0 radical (unpaired) electrons. The fourth-order valence-corrected chi connectivity index (χ4v) is 3.57. The molecule has 0 spiro atoms. The zero-order chi connectivity index (χ0) is 16.7. The molecule has 2 atom stereocenters. The summed E-state index contributed by atoms with van der Waals surface area (Å²) in [5, 5.41) is 0. The molecule has 0 fully saturated rings. The molecule has 3 nitrogen and oxygen atoms in total. The lowest BCUT2D eigenvalue weighted by atomic mass is 10.0. The van der Waals surface area contributed by atoms with E-state index in [9.17, 15) is 8.78 Å². The SMILES string of the molecule is CN1CC2Cc3cccc(F)c3OC(Cc3cccc(F)c3O2)C1. The van der Waals surface area contributed by atoms with Gasteiger partial charge in [0.25, 0.3) is 0 Å². The van der Waals surface area contributed by atoms with Crippen LogP contribution in [0.15, 0.2) is 36.4 Å². The molecule has 0 aromatic heterocycles.